The van der Waals surface area contributed by atoms with E-state index in [0.29, 0.717) is 17.5 Å². The van der Waals surface area contributed by atoms with E-state index in [1.807, 2.05) is 12.1 Å². The quantitative estimate of drug-likeness (QED) is 0.749. The highest BCUT2D eigenvalue weighted by molar-refractivity contribution is 5.72. The topological polar surface area (TPSA) is 66.2 Å². The first-order valence-corrected chi connectivity index (χ1v) is 4.45. The minimum Gasteiger partial charge on any atom is -0.408 e. The number of aliphatic hydroxyl groups excluding tert-OH is 1. The van der Waals surface area contributed by atoms with Crippen molar-refractivity contribution in [2.24, 2.45) is 0 Å². The number of rotatable bonds is 2. The van der Waals surface area contributed by atoms with Gasteiger partial charge in [0.2, 0.25) is 0 Å². The van der Waals surface area contributed by atoms with E-state index in [1.165, 1.54) is 0 Å². The van der Waals surface area contributed by atoms with Crippen molar-refractivity contribution in [3.63, 3.8) is 0 Å². The number of benzene rings is 1. The number of aromatic nitrogens is 1. The third-order valence-electron chi connectivity index (χ3n) is 2.01. The predicted molar refractivity (Wildman–Crippen MR) is 52.2 cm³/mol. The fourth-order valence-corrected chi connectivity index (χ4v) is 1.47. The van der Waals surface area contributed by atoms with Crippen molar-refractivity contribution < 1.29 is 9.52 Å². The molecule has 2 aromatic rings. The summed E-state index contributed by atoms with van der Waals surface area (Å²) in [7, 11) is 0. The Bertz CT molecular complexity index is 495. The third kappa shape index (κ3) is 1.70. The van der Waals surface area contributed by atoms with Crippen LogP contribution >= 0.6 is 0 Å². The molecule has 4 heteroatoms. The van der Waals surface area contributed by atoms with Crippen LogP contribution < -0.4 is 5.76 Å². The molecular formula is C10H11NO3. The van der Waals surface area contributed by atoms with E-state index in [2.05, 4.69) is 4.98 Å². The van der Waals surface area contributed by atoms with Crippen LogP contribution in [0.4, 0.5) is 0 Å². The molecule has 1 atom stereocenters. The standard InChI is InChI=1S/C10H11NO3/c1-6(12)4-7-2-3-9-8(5-7)11-10(13)14-9/h2-3,5-6,12H,4H2,1H3,(H,11,13). The maximum absolute atomic E-state index is 10.9. The summed E-state index contributed by atoms with van der Waals surface area (Å²) < 4.78 is 4.85. The van der Waals surface area contributed by atoms with Crippen LogP contribution in [0.15, 0.2) is 27.4 Å². The minimum atomic E-state index is -0.450. The molecule has 14 heavy (non-hydrogen) atoms. The van der Waals surface area contributed by atoms with Crippen LogP contribution in [0, 0.1) is 0 Å². The number of aliphatic hydroxyl groups is 1. The number of hydrogen-bond donors (Lipinski definition) is 2. The fraction of sp³-hybridized carbons (Fsp3) is 0.300. The molecule has 2 rings (SSSR count). The van der Waals surface area contributed by atoms with Crippen LogP contribution in [-0.4, -0.2) is 16.2 Å². The van der Waals surface area contributed by atoms with Crippen molar-refractivity contribution in [3.8, 4) is 0 Å². The Morgan fingerprint density at radius 2 is 2.36 bits per heavy atom. The molecule has 0 amide bonds. The van der Waals surface area contributed by atoms with Crippen molar-refractivity contribution in [2.45, 2.75) is 19.4 Å². The van der Waals surface area contributed by atoms with Gasteiger partial charge >= 0.3 is 5.76 Å². The highest BCUT2D eigenvalue weighted by atomic mass is 16.4. The van der Waals surface area contributed by atoms with Gasteiger partial charge in [-0.05, 0) is 31.0 Å². The average Bonchev–Trinajstić information content (AvgIpc) is 2.42. The van der Waals surface area contributed by atoms with Crippen LogP contribution in [0.25, 0.3) is 11.1 Å². The van der Waals surface area contributed by atoms with Crippen molar-refractivity contribution >= 4 is 11.1 Å². The van der Waals surface area contributed by atoms with Crippen molar-refractivity contribution in [1.29, 1.82) is 0 Å². The summed E-state index contributed by atoms with van der Waals surface area (Å²) >= 11 is 0. The monoisotopic (exact) mass is 193 g/mol. The van der Waals surface area contributed by atoms with Crippen LogP contribution in [0.2, 0.25) is 0 Å². The van der Waals surface area contributed by atoms with Gasteiger partial charge in [-0.3, -0.25) is 4.98 Å². The number of nitrogens with one attached hydrogen (secondary N) is 1. The molecule has 0 radical (unpaired) electrons. The third-order valence-corrected chi connectivity index (χ3v) is 2.01. The Balaban J connectivity index is 2.45. The Morgan fingerprint density at radius 3 is 3.07 bits per heavy atom. The summed E-state index contributed by atoms with van der Waals surface area (Å²) in [5.74, 6) is -0.450. The molecule has 0 saturated carbocycles. The highest BCUT2D eigenvalue weighted by Crippen LogP contribution is 2.13. The van der Waals surface area contributed by atoms with Gasteiger partial charge in [0.15, 0.2) is 5.58 Å². The zero-order chi connectivity index (χ0) is 10.1. The van der Waals surface area contributed by atoms with Crippen LogP contribution in [0.1, 0.15) is 12.5 Å². The van der Waals surface area contributed by atoms with Crippen LogP contribution in [0.5, 0.6) is 0 Å². The van der Waals surface area contributed by atoms with Gasteiger partial charge in [0.1, 0.15) is 0 Å². The van der Waals surface area contributed by atoms with E-state index in [4.69, 9.17) is 4.42 Å². The summed E-state index contributed by atoms with van der Waals surface area (Å²) in [4.78, 5) is 13.4. The van der Waals surface area contributed by atoms with E-state index >= 15 is 0 Å². The Hall–Kier alpha value is -1.55. The number of hydrogen-bond acceptors (Lipinski definition) is 3. The Kier molecular flexibility index (Phi) is 2.13. The van der Waals surface area contributed by atoms with Gasteiger partial charge in [0.05, 0.1) is 11.6 Å². The number of H-pyrrole nitrogens is 1. The largest absolute Gasteiger partial charge is 0.417 e. The van der Waals surface area contributed by atoms with E-state index in [-0.39, 0.29) is 6.10 Å². The summed E-state index contributed by atoms with van der Waals surface area (Å²) in [6, 6.07) is 5.38. The second-order valence-corrected chi connectivity index (χ2v) is 3.40. The molecule has 0 spiro atoms. The van der Waals surface area contributed by atoms with Crippen molar-refractivity contribution in [2.75, 3.05) is 0 Å². The smallest absolute Gasteiger partial charge is 0.408 e. The summed E-state index contributed by atoms with van der Waals surface area (Å²) in [6.45, 7) is 1.72. The molecule has 4 nitrogen and oxygen atoms in total. The molecule has 1 heterocycles. The summed E-state index contributed by atoms with van der Waals surface area (Å²) in [6.07, 6.45) is 0.189. The van der Waals surface area contributed by atoms with E-state index in [0.717, 1.165) is 5.56 Å². The first-order valence-electron chi connectivity index (χ1n) is 4.45. The molecule has 2 N–H and O–H groups in total. The number of oxazole rings is 1. The molecule has 74 valence electrons. The maximum atomic E-state index is 10.9. The molecule has 1 unspecified atom stereocenters. The van der Waals surface area contributed by atoms with Crippen LogP contribution in [-0.2, 0) is 6.42 Å². The van der Waals surface area contributed by atoms with Gasteiger partial charge in [-0.1, -0.05) is 6.07 Å². The van der Waals surface area contributed by atoms with Gasteiger partial charge in [0.25, 0.3) is 0 Å². The van der Waals surface area contributed by atoms with E-state index in [9.17, 15) is 9.90 Å². The van der Waals surface area contributed by atoms with Gasteiger partial charge in [0, 0.05) is 0 Å². The fourth-order valence-electron chi connectivity index (χ4n) is 1.47. The zero-order valence-corrected chi connectivity index (χ0v) is 7.78. The molecule has 1 aromatic heterocycles. The van der Waals surface area contributed by atoms with Gasteiger partial charge in [-0.15, -0.1) is 0 Å². The molecular weight excluding hydrogens is 182 g/mol. The summed E-state index contributed by atoms with van der Waals surface area (Å²) in [5.41, 5.74) is 2.20. The van der Waals surface area contributed by atoms with Crippen molar-refractivity contribution in [3.05, 3.63) is 34.3 Å². The normalized spacial score (nSPS) is 13.3. The lowest BCUT2D eigenvalue weighted by atomic mass is 10.1. The van der Waals surface area contributed by atoms with Crippen molar-refractivity contribution in [1.82, 2.24) is 4.98 Å². The molecule has 0 aliphatic carbocycles. The Labute approximate surface area is 80.2 Å². The van der Waals surface area contributed by atoms with E-state index < -0.39 is 5.76 Å². The summed E-state index contributed by atoms with van der Waals surface area (Å²) in [5, 5.41) is 9.19. The van der Waals surface area contributed by atoms with Gasteiger partial charge in [-0.25, -0.2) is 4.79 Å². The van der Waals surface area contributed by atoms with Crippen LogP contribution in [0.3, 0.4) is 0 Å². The lowest BCUT2D eigenvalue weighted by molar-refractivity contribution is 0.195. The molecule has 0 saturated heterocycles. The lowest BCUT2D eigenvalue weighted by Gasteiger charge is -2.02. The minimum absolute atomic E-state index is 0.383. The first kappa shape index (κ1) is 9.02. The molecule has 0 fully saturated rings. The SMILES string of the molecule is CC(O)Cc1ccc2oc(=O)[nH]c2c1. The Morgan fingerprint density at radius 1 is 1.57 bits per heavy atom. The molecule has 1 aromatic carbocycles. The molecule has 0 bridgehead atoms. The maximum Gasteiger partial charge on any atom is 0.417 e. The average molecular weight is 193 g/mol. The van der Waals surface area contributed by atoms with Gasteiger partial charge in [-0.2, -0.15) is 0 Å². The van der Waals surface area contributed by atoms with Gasteiger partial charge < -0.3 is 9.52 Å². The number of fused-ring (bicyclic) bond motifs is 1. The highest BCUT2D eigenvalue weighted by Gasteiger charge is 2.03. The second-order valence-electron chi connectivity index (χ2n) is 3.40. The predicted octanol–water partition coefficient (Wildman–Crippen LogP) is 1.04. The zero-order valence-electron chi connectivity index (χ0n) is 7.78. The molecule has 0 aliphatic heterocycles. The lowest BCUT2D eigenvalue weighted by Crippen LogP contribution is -2.03. The second kappa shape index (κ2) is 3.31. The molecule has 0 aliphatic rings. The number of aromatic amines is 1. The van der Waals surface area contributed by atoms with E-state index in [1.54, 1.807) is 13.0 Å². The first-order chi connectivity index (χ1) is 6.65.